The molecule has 0 radical (unpaired) electrons. The van der Waals surface area contributed by atoms with E-state index in [1.54, 1.807) is 5.38 Å². The van der Waals surface area contributed by atoms with Crippen LogP contribution in [0.3, 0.4) is 0 Å². The summed E-state index contributed by atoms with van der Waals surface area (Å²) < 4.78 is 13.4. The summed E-state index contributed by atoms with van der Waals surface area (Å²) in [4.78, 5) is 41.1. The third kappa shape index (κ3) is 3.22. The predicted octanol–water partition coefficient (Wildman–Crippen LogP) is 3.82. The number of carbonyl (C=O) groups excluding carboxylic acids is 2. The molecule has 0 bridgehead atoms. The minimum Gasteiger partial charge on any atom is -0.507 e. The van der Waals surface area contributed by atoms with E-state index in [2.05, 4.69) is 4.98 Å². The smallest absolute Gasteiger partial charge is 0.301 e. The van der Waals surface area contributed by atoms with Gasteiger partial charge in [-0.1, -0.05) is 12.1 Å². The second-order valence-corrected chi connectivity index (χ2v) is 7.21. The molecule has 1 amide bonds. The van der Waals surface area contributed by atoms with Crippen LogP contribution in [-0.4, -0.2) is 26.7 Å². The fraction of sp³-hybridized carbons (Fsp3) is 0.0500. The van der Waals surface area contributed by atoms with Gasteiger partial charge in [0.05, 0.1) is 16.5 Å². The van der Waals surface area contributed by atoms with Gasteiger partial charge in [0, 0.05) is 29.3 Å². The maximum atomic E-state index is 13.4. The van der Waals surface area contributed by atoms with Crippen LogP contribution >= 0.6 is 11.3 Å². The van der Waals surface area contributed by atoms with Crippen molar-refractivity contribution in [1.82, 2.24) is 4.98 Å². The highest BCUT2D eigenvalue weighted by Crippen LogP contribution is 2.42. The van der Waals surface area contributed by atoms with Gasteiger partial charge in [-0.3, -0.25) is 24.6 Å². The zero-order valence-electron chi connectivity index (χ0n) is 15.1. The van der Waals surface area contributed by atoms with Gasteiger partial charge in [0.1, 0.15) is 11.6 Å². The highest BCUT2D eigenvalue weighted by Gasteiger charge is 2.47. The number of aliphatic hydroxyl groups is 1. The maximum Gasteiger partial charge on any atom is 0.301 e. The average molecular weight is 425 g/mol. The molecule has 0 spiro atoms. The number of nitro groups is 1. The van der Waals surface area contributed by atoms with Crippen molar-refractivity contribution in [1.29, 1.82) is 0 Å². The quantitative estimate of drug-likeness (QED) is 0.224. The lowest BCUT2D eigenvalue weighted by molar-refractivity contribution is -0.384. The number of Topliss-reactive ketones (excluding diaryl/α,β-unsaturated/α-hetero) is 1. The molecule has 1 atom stereocenters. The monoisotopic (exact) mass is 425 g/mol. The van der Waals surface area contributed by atoms with E-state index in [9.17, 15) is 29.2 Å². The Morgan fingerprint density at radius 1 is 1.13 bits per heavy atom. The van der Waals surface area contributed by atoms with Crippen LogP contribution in [0.1, 0.15) is 17.2 Å². The van der Waals surface area contributed by atoms with Crippen LogP contribution in [0.15, 0.2) is 65.7 Å². The highest BCUT2D eigenvalue weighted by atomic mass is 32.1. The third-order valence-electron chi connectivity index (χ3n) is 4.61. The lowest BCUT2D eigenvalue weighted by Gasteiger charge is -2.22. The molecule has 1 N–H and O–H groups in total. The van der Waals surface area contributed by atoms with Gasteiger partial charge in [-0.2, -0.15) is 0 Å². The van der Waals surface area contributed by atoms with Crippen LogP contribution < -0.4 is 4.90 Å². The minimum atomic E-state index is -1.04. The summed E-state index contributed by atoms with van der Waals surface area (Å²) in [6, 6.07) is 9.08. The van der Waals surface area contributed by atoms with E-state index in [-0.39, 0.29) is 22.0 Å². The van der Waals surface area contributed by atoms with Gasteiger partial charge in [0.25, 0.3) is 11.5 Å². The van der Waals surface area contributed by atoms with Crippen LogP contribution in [0.2, 0.25) is 0 Å². The number of aliphatic hydroxyl groups excluding tert-OH is 1. The molecule has 4 rings (SSSR count). The fourth-order valence-electron chi connectivity index (χ4n) is 3.22. The number of ketones is 1. The van der Waals surface area contributed by atoms with Gasteiger partial charge < -0.3 is 5.11 Å². The Labute approximate surface area is 172 Å². The number of hydrogen-bond acceptors (Lipinski definition) is 7. The van der Waals surface area contributed by atoms with Crippen molar-refractivity contribution in [2.75, 3.05) is 4.90 Å². The lowest BCUT2D eigenvalue weighted by Crippen LogP contribution is -2.29. The molecule has 1 aliphatic rings. The number of rotatable bonds is 4. The molecular weight excluding hydrogens is 413 g/mol. The Bertz CT molecular complexity index is 1170. The largest absolute Gasteiger partial charge is 0.507 e. The second-order valence-electron chi connectivity index (χ2n) is 6.34. The summed E-state index contributed by atoms with van der Waals surface area (Å²) in [6.45, 7) is 0. The van der Waals surface area contributed by atoms with Crippen LogP contribution in [0.4, 0.5) is 15.2 Å². The molecule has 1 aromatic heterocycles. The molecule has 30 heavy (non-hydrogen) atoms. The summed E-state index contributed by atoms with van der Waals surface area (Å²) in [5.74, 6) is -2.81. The molecule has 150 valence electrons. The lowest BCUT2D eigenvalue weighted by atomic mass is 9.95. The van der Waals surface area contributed by atoms with E-state index < -0.39 is 34.2 Å². The van der Waals surface area contributed by atoms with E-state index in [1.165, 1.54) is 54.7 Å². The zero-order valence-corrected chi connectivity index (χ0v) is 15.9. The van der Waals surface area contributed by atoms with E-state index in [0.717, 1.165) is 16.2 Å². The molecule has 1 saturated heterocycles. The summed E-state index contributed by atoms with van der Waals surface area (Å²) in [5, 5.41) is 23.6. The molecule has 10 heteroatoms. The second kappa shape index (κ2) is 7.48. The molecule has 1 aliphatic heterocycles. The molecule has 8 nitrogen and oxygen atoms in total. The van der Waals surface area contributed by atoms with Crippen LogP contribution in [0, 0.1) is 15.9 Å². The number of halogens is 1. The summed E-state index contributed by atoms with van der Waals surface area (Å²) in [5.41, 5.74) is 0.125. The van der Waals surface area contributed by atoms with Crippen molar-refractivity contribution in [2.24, 2.45) is 0 Å². The van der Waals surface area contributed by atoms with Gasteiger partial charge in [0.2, 0.25) is 0 Å². The standard InChI is InChI=1S/C20H12FN3O5S/c21-13-5-1-11(2-6-13)16-15(17(25)12-3-7-14(8-4-12)24(28)29)18(26)19(27)23(16)20-22-9-10-30-20/h1-10,16,25H/b17-15-. The average Bonchev–Trinajstić information content (AvgIpc) is 3.35. The van der Waals surface area contributed by atoms with Crippen LogP contribution in [0.25, 0.3) is 5.76 Å². The Hall–Kier alpha value is -3.92. The summed E-state index contributed by atoms with van der Waals surface area (Å²) in [7, 11) is 0. The van der Waals surface area contributed by atoms with Crippen molar-refractivity contribution in [3.63, 3.8) is 0 Å². The number of benzene rings is 2. The van der Waals surface area contributed by atoms with Crippen molar-refractivity contribution >= 4 is 39.6 Å². The van der Waals surface area contributed by atoms with Crippen LogP contribution in [0.5, 0.6) is 0 Å². The van der Waals surface area contributed by atoms with Crippen molar-refractivity contribution < 1.29 is 24.0 Å². The van der Waals surface area contributed by atoms with Gasteiger partial charge in [-0.05, 0) is 29.8 Å². The van der Waals surface area contributed by atoms with Crippen molar-refractivity contribution in [2.45, 2.75) is 6.04 Å². The molecule has 2 heterocycles. The number of hydrogen-bond donors (Lipinski definition) is 1. The first-order chi connectivity index (χ1) is 14.4. The fourth-order valence-corrected chi connectivity index (χ4v) is 3.89. The van der Waals surface area contributed by atoms with Gasteiger partial charge in [-0.25, -0.2) is 9.37 Å². The minimum absolute atomic E-state index is 0.129. The van der Waals surface area contributed by atoms with Crippen molar-refractivity contribution in [3.05, 3.63) is 92.7 Å². The van der Waals surface area contributed by atoms with E-state index >= 15 is 0 Å². The number of anilines is 1. The van der Waals surface area contributed by atoms with Crippen molar-refractivity contribution in [3.8, 4) is 0 Å². The zero-order chi connectivity index (χ0) is 21.4. The predicted molar refractivity (Wildman–Crippen MR) is 106 cm³/mol. The van der Waals surface area contributed by atoms with E-state index in [4.69, 9.17) is 0 Å². The third-order valence-corrected chi connectivity index (χ3v) is 5.38. The maximum absolute atomic E-state index is 13.4. The molecular formula is C20H12FN3O5S. The number of carbonyl (C=O) groups is 2. The molecule has 2 aromatic carbocycles. The Morgan fingerprint density at radius 3 is 2.37 bits per heavy atom. The molecule has 1 unspecified atom stereocenters. The number of non-ortho nitro benzene ring substituents is 1. The first-order valence-corrected chi connectivity index (χ1v) is 9.47. The number of amides is 1. The molecule has 1 fully saturated rings. The molecule has 0 saturated carbocycles. The number of nitrogens with zero attached hydrogens (tertiary/aromatic N) is 3. The number of thiazole rings is 1. The number of nitro benzene ring substituents is 1. The van der Waals surface area contributed by atoms with Gasteiger partial charge in [0.15, 0.2) is 5.13 Å². The first kappa shape index (κ1) is 19.4. The normalized spacial score (nSPS) is 18.0. The van der Waals surface area contributed by atoms with E-state index in [0.29, 0.717) is 5.56 Å². The van der Waals surface area contributed by atoms with Crippen LogP contribution in [-0.2, 0) is 9.59 Å². The Kier molecular flexibility index (Phi) is 4.84. The van der Waals surface area contributed by atoms with Gasteiger partial charge in [-0.15, -0.1) is 11.3 Å². The Balaban J connectivity index is 1.90. The molecule has 3 aromatic rings. The number of aromatic nitrogens is 1. The summed E-state index contributed by atoms with van der Waals surface area (Å²) in [6.07, 6.45) is 1.47. The highest BCUT2D eigenvalue weighted by molar-refractivity contribution is 7.14. The summed E-state index contributed by atoms with van der Waals surface area (Å²) >= 11 is 1.13. The topological polar surface area (TPSA) is 114 Å². The Morgan fingerprint density at radius 2 is 1.80 bits per heavy atom. The van der Waals surface area contributed by atoms with Gasteiger partial charge >= 0.3 is 5.91 Å². The molecule has 0 aliphatic carbocycles. The first-order valence-electron chi connectivity index (χ1n) is 8.59. The SMILES string of the molecule is O=C1C(=O)N(c2nccs2)C(c2ccc(F)cc2)/C1=C(/O)c1ccc([N+](=O)[O-])cc1. The van der Waals surface area contributed by atoms with E-state index in [1.807, 2.05) is 0 Å².